The number of carboxylic acid groups (broad SMARTS) is 2. The molecular weight excluding hydrogens is 224 g/mol. The second-order valence-electron chi connectivity index (χ2n) is 3.96. The van der Waals surface area contributed by atoms with Crippen LogP contribution in [-0.4, -0.2) is 31.7 Å². The van der Waals surface area contributed by atoms with Crippen LogP contribution >= 0.6 is 0 Å². The summed E-state index contributed by atoms with van der Waals surface area (Å²) in [6, 6.07) is 0. The van der Waals surface area contributed by atoms with Crippen molar-refractivity contribution in [3.63, 3.8) is 0 Å². The van der Waals surface area contributed by atoms with Crippen molar-refractivity contribution in [1.82, 2.24) is 0 Å². The van der Waals surface area contributed by atoms with Crippen molar-refractivity contribution in [2.24, 2.45) is 5.41 Å². The summed E-state index contributed by atoms with van der Waals surface area (Å²) in [6.07, 6.45) is 4.43. The van der Waals surface area contributed by atoms with Gasteiger partial charge in [-0.2, -0.15) is 0 Å². The zero-order chi connectivity index (χ0) is 12.8. The topological polar surface area (TPSA) is 74.6 Å². The summed E-state index contributed by atoms with van der Waals surface area (Å²) in [5, 5.41) is 17.5. The highest BCUT2D eigenvalue weighted by molar-refractivity contribution is 6.31. The first-order chi connectivity index (χ1) is 7.37. The van der Waals surface area contributed by atoms with Gasteiger partial charge < -0.3 is 10.2 Å². The first-order valence-corrected chi connectivity index (χ1v) is 8.05. The van der Waals surface area contributed by atoms with Crippen LogP contribution < -0.4 is 0 Å². The molecule has 2 N–H and O–H groups in total. The number of allylic oxidation sites excluding steroid dienone is 2. The van der Waals surface area contributed by atoms with Gasteiger partial charge in [0.25, 0.3) is 0 Å². The van der Waals surface area contributed by atoms with Crippen molar-refractivity contribution >= 4 is 21.5 Å². The fraction of sp³-hybridized carbons (Fsp3) is 0.455. The van der Waals surface area contributed by atoms with Crippen molar-refractivity contribution < 1.29 is 19.8 Å². The molecule has 5 heteroatoms. The van der Waals surface area contributed by atoms with Crippen molar-refractivity contribution in [2.45, 2.75) is 26.4 Å². The van der Waals surface area contributed by atoms with Crippen LogP contribution in [0.15, 0.2) is 23.8 Å². The van der Waals surface area contributed by atoms with E-state index in [0.29, 0.717) is 9.52 Å². The van der Waals surface area contributed by atoms with Gasteiger partial charge in [0.05, 0.1) is 5.41 Å². The molecule has 0 radical (unpaired) electrons. The maximum absolute atomic E-state index is 10.8. The van der Waals surface area contributed by atoms with Gasteiger partial charge in [-0.05, 0) is 13.3 Å². The van der Waals surface area contributed by atoms with Crippen LogP contribution in [0.1, 0.15) is 13.3 Å². The summed E-state index contributed by atoms with van der Waals surface area (Å²) in [4.78, 5) is 21.3. The molecule has 0 amide bonds. The lowest BCUT2D eigenvalue weighted by atomic mass is 9.80. The third-order valence-corrected chi connectivity index (χ3v) is 2.08. The largest absolute Gasteiger partial charge is 0.481 e. The molecule has 1 unspecified atom stereocenters. The van der Waals surface area contributed by atoms with Crippen LogP contribution in [0.25, 0.3) is 0 Å². The average Bonchev–Trinajstić information content (AvgIpc) is 2.18. The lowest BCUT2D eigenvalue weighted by Gasteiger charge is -2.23. The van der Waals surface area contributed by atoms with E-state index in [-0.39, 0.29) is 12.0 Å². The first kappa shape index (κ1) is 14.6. The fourth-order valence-corrected chi connectivity index (χ4v) is 1.18. The van der Waals surface area contributed by atoms with Gasteiger partial charge in [0.15, 0.2) is 0 Å². The quantitative estimate of drug-likeness (QED) is 0.716. The molecule has 1 aliphatic carbocycles. The SMILES string of the molecule is CC1(C(=O)O)C=CC=C(C(=O)O)C1.C[SiH2]C. The number of aliphatic carboxylic acids is 2. The highest BCUT2D eigenvalue weighted by atomic mass is 28.2. The monoisotopic (exact) mass is 242 g/mol. The minimum absolute atomic E-state index is 0.0359. The molecule has 0 aliphatic heterocycles. The number of carboxylic acids is 2. The number of rotatable bonds is 2. The van der Waals surface area contributed by atoms with E-state index in [1.165, 1.54) is 25.2 Å². The lowest BCUT2D eigenvalue weighted by Crippen LogP contribution is -2.28. The summed E-state index contributed by atoms with van der Waals surface area (Å²) in [5.41, 5.74) is -0.949. The first-order valence-electron chi connectivity index (χ1n) is 5.22. The maximum atomic E-state index is 10.8. The van der Waals surface area contributed by atoms with Gasteiger partial charge in [0.1, 0.15) is 0 Å². The van der Waals surface area contributed by atoms with Gasteiger partial charge in [-0.25, -0.2) is 4.79 Å². The molecule has 0 heterocycles. The Morgan fingerprint density at radius 1 is 1.38 bits per heavy atom. The molecule has 0 saturated carbocycles. The molecular formula is C11H18O4Si. The number of hydrogen-bond acceptors (Lipinski definition) is 2. The normalized spacial score (nSPS) is 22.8. The Hall–Kier alpha value is -1.36. The third kappa shape index (κ3) is 4.02. The van der Waals surface area contributed by atoms with Gasteiger partial charge >= 0.3 is 11.9 Å². The molecule has 16 heavy (non-hydrogen) atoms. The molecule has 1 atom stereocenters. The van der Waals surface area contributed by atoms with Crippen LogP contribution in [0.3, 0.4) is 0 Å². The molecule has 1 rings (SSSR count). The summed E-state index contributed by atoms with van der Waals surface area (Å²) < 4.78 is 0. The van der Waals surface area contributed by atoms with E-state index < -0.39 is 17.4 Å². The molecule has 0 spiro atoms. The Labute approximate surface area is 97.5 Å². The van der Waals surface area contributed by atoms with Crippen LogP contribution in [0.2, 0.25) is 13.1 Å². The smallest absolute Gasteiger partial charge is 0.331 e. The average molecular weight is 242 g/mol. The summed E-state index contributed by atoms with van der Waals surface area (Å²) in [7, 11) is 0.417. The Bertz CT molecular complexity index is 333. The Morgan fingerprint density at radius 2 is 1.88 bits per heavy atom. The summed E-state index contributed by atoms with van der Waals surface area (Å²) >= 11 is 0. The van der Waals surface area contributed by atoms with Gasteiger partial charge in [-0.15, -0.1) is 0 Å². The van der Waals surface area contributed by atoms with E-state index in [1.807, 2.05) is 0 Å². The van der Waals surface area contributed by atoms with Gasteiger partial charge in [-0.3, -0.25) is 4.79 Å². The summed E-state index contributed by atoms with van der Waals surface area (Å²) in [6.45, 7) is 6.03. The van der Waals surface area contributed by atoms with E-state index in [2.05, 4.69) is 13.1 Å². The van der Waals surface area contributed by atoms with E-state index in [1.54, 1.807) is 0 Å². The molecule has 0 aromatic rings. The second-order valence-corrected chi connectivity index (χ2v) is 5.38. The van der Waals surface area contributed by atoms with Gasteiger partial charge in [0, 0.05) is 15.1 Å². The predicted octanol–water partition coefficient (Wildman–Crippen LogP) is 1.30. The molecule has 0 saturated heterocycles. The lowest BCUT2D eigenvalue weighted by molar-refractivity contribution is -0.145. The van der Waals surface area contributed by atoms with Gasteiger partial charge in [0.2, 0.25) is 0 Å². The summed E-state index contributed by atoms with van der Waals surface area (Å²) in [5.74, 6) is -2.06. The van der Waals surface area contributed by atoms with Crippen LogP contribution in [-0.2, 0) is 9.59 Å². The minimum atomic E-state index is -1.08. The molecule has 0 aromatic heterocycles. The third-order valence-electron chi connectivity index (χ3n) is 2.08. The Morgan fingerprint density at radius 3 is 2.25 bits per heavy atom. The Kier molecular flexibility index (Phi) is 5.74. The van der Waals surface area contributed by atoms with Crippen molar-refractivity contribution in [1.29, 1.82) is 0 Å². The van der Waals surface area contributed by atoms with Crippen molar-refractivity contribution in [3.8, 4) is 0 Å². The molecule has 0 aromatic carbocycles. The van der Waals surface area contributed by atoms with Crippen LogP contribution in [0, 0.1) is 5.41 Å². The minimum Gasteiger partial charge on any atom is -0.481 e. The van der Waals surface area contributed by atoms with E-state index >= 15 is 0 Å². The van der Waals surface area contributed by atoms with Crippen molar-refractivity contribution in [2.75, 3.05) is 0 Å². The van der Waals surface area contributed by atoms with Gasteiger partial charge in [-0.1, -0.05) is 31.3 Å². The van der Waals surface area contributed by atoms with Crippen molar-refractivity contribution in [3.05, 3.63) is 23.8 Å². The molecule has 4 nitrogen and oxygen atoms in total. The molecule has 90 valence electrons. The molecule has 0 fully saturated rings. The Balaban J connectivity index is 0.000000673. The van der Waals surface area contributed by atoms with E-state index in [4.69, 9.17) is 10.2 Å². The number of hydrogen-bond donors (Lipinski definition) is 2. The molecule has 0 bridgehead atoms. The zero-order valence-electron chi connectivity index (χ0n) is 9.86. The molecule has 1 aliphatic rings. The highest BCUT2D eigenvalue weighted by Gasteiger charge is 2.34. The fourth-order valence-electron chi connectivity index (χ4n) is 1.18. The van der Waals surface area contributed by atoms with E-state index in [9.17, 15) is 9.59 Å². The maximum Gasteiger partial charge on any atom is 0.331 e. The zero-order valence-corrected chi connectivity index (χ0v) is 11.3. The second kappa shape index (κ2) is 6.27. The van der Waals surface area contributed by atoms with E-state index in [0.717, 1.165) is 0 Å². The van der Waals surface area contributed by atoms with Crippen LogP contribution in [0.4, 0.5) is 0 Å². The number of carbonyl (C=O) groups is 2. The van der Waals surface area contributed by atoms with Crippen LogP contribution in [0.5, 0.6) is 0 Å². The standard InChI is InChI=1S/C9H10O4.C2H8Si/c1-9(8(12)13)4-2-3-6(5-9)7(10)11;1-3-2/h2-4H,5H2,1H3,(H,10,11)(H,12,13);3H2,1-2H3. The highest BCUT2D eigenvalue weighted by Crippen LogP contribution is 2.31. The predicted molar refractivity (Wildman–Crippen MR) is 65.5 cm³/mol.